The topological polar surface area (TPSA) is 61.4 Å². The Hall–Kier alpha value is -2.73. The lowest BCUT2D eigenvalue weighted by Crippen LogP contribution is -1.97. The van der Waals surface area contributed by atoms with Crippen molar-refractivity contribution in [3.63, 3.8) is 0 Å². The summed E-state index contributed by atoms with van der Waals surface area (Å²) < 4.78 is 3.73. The fourth-order valence-electron chi connectivity index (χ4n) is 2.66. The Bertz CT molecular complexity index is 1030. The van der Waals surface area contributed by atoms with Crippen molar-refractivity contribution >= 4 is 22.8 Å². The van der Waals surface area contributed by atoms with Crippen molar-refractivity contribution in [1.29, 1.82) is 0 Å². The van der Waals surface area contributed by atoms with Crippen LogP contribution in [0.25, 0.3) is 33.8 Å². The van der Waals surface area contributed by atoms with Gasteiger partial charge in [-0.1, -0.05) is 29.8 Å². The minimum Gasteiger partial charge on any atom is -0.315 e. The second kappa shape index (κ2) is 5.72. The summed E-state index contributed by atoms with van der Waals surface area (Å²) in [5, 5.41) is 4.80. The van der Waals surface area contributed by atoms with Crippen molar-refractivity contribution in [2.75, 3.05) is 0 Å². The SMILES string of the molecule is CCn1cnc2c(Cl)nc(-c3cccc(-c4ccn(C)n4)c3)nc21. The lowest BCUT2D eigenvalue weighted by atomic mass is 10.1. The predicted octanol–water partition coefficient (Wildman–Crippen LogP) is 3.57. The number of fused-ring (bicyclic) bond motifs is 1. The molecule has 0 spiro atoms. The molecule has 120 valence electrons. The van der Waals surface area contributed by atoms with Crippen molar-refractivity contribution in [3.8, 4) is 22.6 Å². The molecule has 0 aliphatic rings. The lowest BCUT2D eigenvalue weighted by Gasteiger charge is -2.05. The Morgan fingerprint density at radius 3 is 2.71 bits per heavy atom. The van der Waals surface area contributed by atoms with E-state index in [1.807, 2.05) is 55.1 Å². The smallest absolute Gasteiger partial charge is 0.165 e. The first-order valence-electron chi connectivity index (χ1n) is 7.64. The Labute approximate surface area is 143 Å². The molecule has 0 radical (unpaired) electrons. The van der Waals surface area contributed by atoms with E-state index in [9.17, 15) is 0 Å². The van der Waals surface area contributed by atoms with E-state index in [0.717, 1.165) is 29.0 Å². The zero-order chi connectivity index (χ0) is 16.7. The van der Waals surface area contributed by atoms with E-state index in [2.05, 4.69) is 20.1 Å². The van der Waals surface area contributed by atoms with Crippen molar-refractivity contribution in [2.45, 2.75) is 13.5 Å². The summed E-state index contributed by atoms with van der Waals surface area (Å²) in [5.74, 6) is 0.584. The Kier molecular flexibility index (Phi) is 3.54. The maximum Gasteiger partial charge on any atom is 0.165 e. The zero-order valence-corrected chi connectivity index (χ0v) is 14.1. The van der Waals surface area contributed by atoms with Crippen LogP contribution in [0.15, 0.2) is 42.9 Å². The van der Waals surface area contributed by atoms with Gasteiger partial charge in [-0.05, 0) is 19.1 Å². The average Bonchev–Trinajstić information content (AvgIpc) is 3.21. The van der Waals surface area contributed by atoms with Crippen LogP contribution in [-0.4, -0.2) is 29.3 Å². The van der Waals surface area contributed by atoms with Crippen LogP contribution >= 0.6 is 11.6 Å². The molecule has 0 aliphatic carbocycles. The number of rotatable bonds is 3. The van der Waals surface area contributed by atoms with Gasteiger partial charge >= 0.3 is 0 Å². The van der Waals surface area contributed by atoms with Crippen LogP contribution in [0.2, 0.25) is 5.15 Å². The van der Waals surface area contributed by atoms with E-state index < -0.39 is 0 Å². The molecule has 0 fully saturated rings. The summed E-state index contributed by atoms with van der Waals surface area (Å²) in [6.45, 7) is 2.82. The molecule has 0 N–H and O–H groups in total. The van der Waals surface area contributed by atoms with E-state index in [1.54, 1.807) is 11.0 Å². The Balaban J connectivity index is 1.85. The first-order chi connectivity index (χ1) is 11.7. The van der Waals surface area contributed by atoms with E-state index >= 15 is 0 Å². The summed E-state index contributed by atoms with van der Waals surface area (Å²) >= 11 is 6.30. The second-order valence-electron chi connectivity index (χ2n) is 5.50. The summed E-state index contributed by atoms with van der Waals surface area (Å²) in [5.41, 5.74) is 4.19. The van der Waals surface area contributed by atoms with Crippen LogP contribution in [0, 0.1) is 0 Å². The maximum absolute atomic E-state index is 6.30. The van der Waals surface area contributed by atoms with Crippen LogP contribution in [0.1, 0.15) is 6.92 Å². The third-order valence-corrected chi connectivity index (χ3v) is 4.16. The predicted molar refractivity (Wildman–Crippen MR) is 93.6 cm³/mol. The molecule has 1 aromatic carbocycles. The number of halogens is 1. The number of imidazole rings is 1. The third kappa shape index (κ3) is 2.45. The Morgan fingerprint density at radius 2 is 1.96 bits per heavy atom. The molecule has 3 heterocycles. The molecule has 24 heavy (non-hydrogen) atoms. The van der Waals surface area contributed by atoms with Crippen LogP contribution in [0.3, 0.4) is 0 Å². The highest BCUT2D eigenvalue weighted by Gasteiger charge is 2.13. The molecular formula is C17H15ClN6. The summed E-state index contributed by atoms with van der Waals surface area (Å²) in [6.07, 6.45) is 3.65. The van der Waals surface area contributed by atoms with Gasteiger partial charge in [-0.25, -0.2) is 15.0 Å². The molecule has 0 aliphatic heterocycles. The first-order valence-corrected chi connectivity index (χ1v) is 8.02. The van der Waals surface area contributed by atoms with Crippen LogP contribution in [0.4, 0.5) is 0 Å². The maximum atomic E-state index is 6.30. The first kappa shape index (κ1) is 14.8. The van der Waals surface area contributed by atoms with Crippen LogP contribution in [-0.2, 0) is 13.6 Å². The van der Waals surface area contributed by atoms with Gasteiger partial charge in [0, 0.05) is 30.9 Å². The van der Waals surface area contributed by atoms with Gasteiger partial charge in [-0.15, -0.1) is 0 Å². The molecule has 0 saturated heterocycles. The number of nitrogens with zero attached hydrogens (tertiary/aromatic N) is 6. The van der Waals surface area contributed by atoms with Gasteiger partial charge in [0.1, 0.15) is 5.52 Å². The standard InChI is InChI=1S/C17H15ClN6/c1-3-24-10-19-14-15(18)20-16(21-17(14)24)12-6-4-5-11(9-12)13-7-8-23(2)22-13/h4-10H,3H2,1-2H3. The third-order valence-electron chi connectivity index (χ3n) is 3.89. The quantitative estimate of drug-likeness (QED) is 0.536. The summed E-state index contributed by atoms with van der Waals surface area (Å²) in [6, 6.07) is 9.95. The van der Waals surface area contributed by atoms with Gasteiger partial charge < -0.3 is 4.57 Å². The Morgan fingerprint density at radius 1 is 1.12 bits per heavy atom. The minimum absolute atomic E-state index is 0.366. The molecule has 7 heteroatoms. The van der Waals surface area contributed by atoms with Crippen LogP contribution < -0.4 is 0 Å². The second-order valence-corrected chi connectivity index (χ2v) is 5.85. The number of aromatic nitrogens is 6. The molecule has 0 bridgehead atoms. The van der Waals surface area contributed by atoms with Crippen molar-refractivity contribution in [1.82, 2.24) is 29.3 Å². The highest BCUT2D eigenvalue weighted by molar-refractivity contribution is 6.33. The number of benzene rings is 1. The monoisotopic (exact) mass is 338 g/mol. The van der Waals surface area contributed by atoms with Gasteiger partial charge in [0.2, 0.25) is 0 Å². The fraction of sp³-hybridized carbons (Fsp3) is 0.176. The van der Waals surface area contributed by atoms with Gasteiger partial charge in [0.15, 0.2) is 16.6 Å². The normalized spacial score (nSPS) is 11.3. The molecule has 6 nitrogen and oxygen atoms in total. The van der Waals surface area contributed by atoms with Gasteiger partial charge in [-0.3, -0.25) is 4.68 Å². The summed E-state index contributed by atoms with van der Waals surface area (Å²) in [7, 11) is 1.90. The highest BCUT2D eigenvalue weighted by atomic mass is 35.5. The van der Waals surface area contributed by atoms with Crippen molar-refractivity contribution in [2.24, 2.45) is 7.05 Å². The van der Waals surface area contributed by atoms with Gasteiger partial charge in [0.05, 0.1) is 12.0 Å². The molecule has 0 atom stereocenters. The molecule has 0 saturated carbocycles. The largest absolute Gasteiger partial charge is 0.315 e. The molecule has 4 aromatic rings. The van der Waals surface area contributed by atoms with Gasteiger partial charge in [0.25, 0.3) is 0 Å². The lowest BCUT2D eigenvalue weighted by molar-refractivity contribution is 0.771. The van der Waals surface area contributed by atoms with Crippen LogP contribution in [0.5, 0.6) is 0 Å². The van der Waals surface area contributed by atoms with Crippen molar-refractivity contribution in [3.05, 3.63) is 48.0 Å². The van der Waals surface area contributed by atoms with Crippen molar-refractivity contribution < 1.29 is 0 Å². The highest BCUT2D eigenvalue weighted by Crippen LogP contribution is 2.27. The van der Waals surface area contributed by atoms with E-state index in [1.165, 1.54) is 0 Å². The van der Waals surface area contributed by atoms with Gasteiger partial charge in [-0.2, -0.15) is 5.10 Å². The van der Waals surface area contributed by atoms with E-state index in [-0.39, 0.29) is 0 Å². The molecule has 3 aromatic heterocycles. The molecular weight excluding hydrogens is 324 g/mol. The fourth-order valence-corrected chi connectivity index (χ4v) is 2.87. The average molecular weight is 339 g/mol. The number of aryl methyl sites for hydroxylation is 2. The molecule has 4 rings (SSSR count). The van der Waals surface area contributed by atoms with E-state index in [4.69, 9.17) is 11.6 Å². The summed E-state index contributed by atoms with van der Waals surface area (Å²) in [4.78, 5) is 13.4. The van der Waals surface area contributed by atoms with E-state index in [0.29, 0.717) is 16.5 Å². The zero-order valence-electron chi connectivity index (χ0n) is 13.3. The minimum atomic E-state index is 0.366. The number of hydrogen-bond donors (Lipinski definition) is 0. The molecule has 0 amide bonds. The molecule has 0 unspecified atom stereocenters. The number of hydrogen-bond acceptors (Lipinski definition) is 4.